The molecule has 0 unspecified atom stereocenters. The van der Waals surface area contributed by atoms with Gasteiger partial charge in [0.2, 0.25) is 0 Å². The number of phenolic OH excluding ortho intramolecular Hbond substituents is 1. The van der Waals surface area contributed by atoms with Crippen LogP contribution in [0.3, 0.4) is 0 Å². The Hall–Kier alpha value is -2.20. The van der Waals surface area contributed by atoms with Gasteiger partial charge in [0.05, 0.1) is 12.7 Å². The van der Waals surface area contributed by atoms with E-state index in [1.54, 1.807) is 6.07 Å². The standard InChI is InChI=1S/C16H16ClNO3/c1-21-13-6-7-14(15(19)10-13)16(20)18-9-8-11-2-4-12(17)5-3-11/h2-7,10,19H,8-9H2,1H3,(H,18,20). The number of nitrogens with one attached hydrogen (secondary N) is 1. The molecule has 1 amide bonds. The van der Waals surface area contributed by atoms with Crippen LogP contribution in [0.1, 0.15) is 15.9 Å². The molecule has 2 N–H and O–H groups in total. The highest BCUT2D eigenvalue weighted by molar-refractivity contribution is 6.30. The topological polar surface area (TPSA) is 58.6 Å². The second-order valence-corrected chi connectivity index (χ2v) is 4.95. The second kappa shape index (κ2) is 6.99. The summed E-state index contributed by atoms with van der Waals surface area (Å²) in [6.07, 6.45) is 0.694. The number of phenols is 1. The molecule has 0 spiro atoms. The minimum absolute atomic E-state index is 0.0988. The summed E-state index contributed by atoms with van der Waals surface area (Å²) in [6, 6.07) is 12.0. The third kappa shape index (κ3) is 4.13. The lowest BCUT2D eigenvalue weighted by molar-refractivity contribution is 0.0951. The molecule has 4 nitrogen and oxygen atoms in total. The van der Waals surface area contributed by atoms with Crippen LogP contribution in [0.25, 0.3) is 0 Å². The Morgan fingerprint density at radius 2 is 1.95 bits per heavy atom. The molecule has 0 saturated heterocycles. The first-order valence-electron chi connectivity index (χ1n) is 6.50. The molecule has 0 aliphatic carbocycles. The number of methoxy groups -OCH3 is 1. The molecule has 2 aromatic carbocycles. The fraction of sp³-hybridized carbons (Fsp3) is 0.188. The quantitative estimate of drug-likeness (QED) is 0.892. The van der Waals surface area contributed by atoms with Gasteiger partial charge in [-0.2, -0.15) is 0 Å². The first-order valence-corrected chi connectivity index (χ1v) is 6.87. The molecule has 110 valence electrons. The van der Waals surface area contributed by atoms with E-state index in [1.807, 2.05) is 24.3 Å². The molecule has 0 heterocycles. The van der Waals surface area contributed by atoms with Crippen molar-refractivity contribution < 1.29 is 14.6 Å². The van der Waals surface area contributed by atoms with E-state index in [4.69, 9.17) is 16.3 Å². The average molecular weight is 306 g/mol. The molecular weight excluding hydrogens is 290 g/mol. The monoisotopic (exact) mass is 305 g/mol. The summed E-state index contributed by atoms with van der Waals surface area (Å²) in [7, 11) is 1.50. The maximum atomic E-state index is 12.0. The summed E-state index contributed by atoms with van der Waals surface area (Å²) >= 11 is 5.81. The zero-order valence-corrected chi connectivity index (χ0v) is 12.4. The molecule has 0 aromatic heterocycles. The lowest BCUT2D eigenvalue weighted by Crippen LogP contribution is -2.25. The van der Waals surface area contributed by atoms with Gasteiger partial charge in [0.1, 0.15) is 11.5 Å². The van der Waals surface area contributed by atoms with Crippen molar-refractivity contribution in [2.45, 2.75) is 6.42 Å². The van der Waals surface area contributed by atoms with E-state index in [9.17, 15) is 9.90 Å². The minimum Gasteiger partial charge on any atom is -0.507 e. The number of hydrogen-bond donors (Lipinski definition) is 2. The molecule has 0 saturated carbocycles. The number of amides is 1. The highest BCUT2D eigenvalue weighted by Crippen LogP contribution is 2.23. The Balaban J connectivity index is 1.91. The van der Waals surface area contributed by atoms with Crippen LogP contribution < -0.4 is 10.1 Å². The van der Waals surface area contributed by atoms with Gasteiger partial charge in [-0.3, -0.25) is 4.79 Å². The van der Waals surface area contributed by atoms with E-state index in [0.717, 1.165) is 5.56 Å². The molecule has 2 rings (SSSR count). The average Bonchev–Trinajstić information content (AvgIpc) is 2.49. The van der Waals surface area contributed by atoms with Crippen molar-refractivity contribution in [3.63, 3.8) is 0 Å². The maximum absolute atomic E-state index is 12.0. The minimum atomic E-state index is -0.316. The van der Waals surface area contributed by atoms with Crippen LogP contribution in [-0.4, -0.2) is 24.7 Å². The lowest BCUT2D eigenvalue weighted by atomic mass is 10.1. The highest BCUT2D eigenvalue weighted by atomic mass is 35.5. The Morgan fingerprint density at radius 3 is 2.57 bits per heavy atom. The number of aromatic hydroxyl groups is 1. The van der Waals surface area contributed by atoms with E-state index < -0.39 is 0 Å². The van der Waals surface area contributed by atoms with Gasteiger partial charge in [-0.15, -0.1) is 0 Å². The van der Waals surface area contributed by atoms with Crippen LogP contribution in [0, 0.1) is 0 Å². The van der Waals surface area contributed by atoms with Gasteiger partial charge in [0.25, 0.3) is 5.91 Å². The zero-order chi connectivity index (χ0) is 15.2. The van der Waals surface area contributed by atoms with Crippen molar-refractivity contribution in [2.24, 2.45) is 0 Å². The number of carbonyl (C=O) groups excluding carboxylic acids is 1. The molecule has 0 aliphatic heterocycles. The van der Waals surface area contributed by atoms with E-state index in [0.29, 0.717) is 23.7 Å². The zero-order valence-electron chi connectivity index (χ0n) is 11.6. The second-order valence-electron chi connectivity index (χ2n) is 4.52. The predicted molar refractivity (Wildman–Crippen MR) is 82.1 cm³/mol. The third-order valence-corrected chi connectivity index (χ3v) is 3.31. The van der Waals surface area contributed by atoms with Crippen molar-refractivity contribution in [1.82, 2.24) is 5.32 Å². The van der Waals surface area contributed by atoms with Crippen molar-refractivity contribution in [1.29, 1.82) is 0 Å². The Labute approximate surface area is 128 Å². The molecule has 0 atom stereocenters. The molecule has 5 heteroatoms. The summed E-state index contributed by atoms with van der Waals surface area (Å²) < 4.78 is 4.98. The largest absolute Gasteiger partial charge is 0.507 e. The van der Waals surface area contributed by atoms with Crippen molar-refractivity contribution in [2.75, 3.05) is 13.7 Å². The van der Waals surface area contributed by atoms with Crippen molar-refractivity contribution in [3.8, 4) is 11.5 Å². The fourth-order valence-electron chi connectivity index (χ4n) is 1.90. The number of benzene rings is 2. The lowest BCUT2D eigenvalue weighted by Gasteiger charge is -2.08. The summed E-state index contributed by atoms with van der Waals surface area (Å²) in [5, 5.41) is 13.2. The SMILES string of the molecule is COc1ccc(C(=O)NCCc2ccc(Cl)cc2)c(O)c1. The summed E-state index contributed by atoms with van der Waals surface area (Å²) in [6.45, 7) is 0.478. The van der Waals surface area contributed by atoms with Crippen LogP contribution in [-0.2, 0) is 6.42 Å². The number of carbonyl (C=O) groups is 1. The third-order valence-electron chi connectivity index (χ3n) is 3.06. The van der Waals surface area contributed by atoms with Gasteiger partial charge >= 0.3 is 0 Å². The van der Waals surface area contributed by atoms with Crippen LogP contribution in [0.15, 0.2) is 42.5 Å². The van der Waals surface area contributed by atoms with E-state index in [2.05, 4.69) is 5.32 Å². The molecule has 2 aromatic rings. The molecule has 0 radical (unpaired) electrons. The van der Waals surface area contributed by atoms with Gasteiger partial charge in [-0.05, 0) is 36.2 Å². The molecular formula is C16H16ClNO3. The van der Waals surface area contributed by atoms with Crippen molar-refractivity contribution >= 4 is 17.5 Å². The summed E-state index contributed by atoms with van der Waals surface area (Å²) in [5.41, 5.74) is 1.31. The Bertz CT molecular complexity index is 626. The first kappa shape index (κ1) is 15.2. The van der Waals surface area contributed by atoms with E-state index >= 15 is 0 Å². The molecule has 21 heavy (non-hydrogen) atoms. The normalized spacial score (nSPS) is 10.2. The van der Waals surface area contributed by atoms with E-state index in [1.165, 1.54) is 19.2 Å². The Morgan fingerprint density at radius 1 is 1.24 bits per heavy atom. The summed E-state index contributed by atoms with van der Waals surface area (Å²) in [5.74, 6) is 0.0904. The molecule has 0 fully saturated rings. The van der Waals surface area contributed by atoms with Gasteiger partial charge < -0.3 is 15.2 Å². The number of ether oxygens (including phenoxy) is 1. The molecule has 0 aliphatic rings. The first-order chi connectivity index (χ1) is 10.1. The van der Waals surface area contributed by atoms with Crippen LogP contribution in [0.2, 0.25) is 5.02 Å². The fourth-order valence-corrected chi connectivity index (χ4v) is 2.02. The Kier molecular flexibility index (Phi) is 5.06. The smallest absolute Gasteiger partial charge is 0.255 e. The predicted octanol–water partition coefficient (Wildman–Crippen LogP) is 3.03. The van der Waals surface area contributed by atoms with Gasteiger partial charge in [0, 0.05) is 17.6 Å². The number of hydrogen-bond acceptors (Lipinski definition) is 3. The summed E-state index contributed by atoms with van der Waals surface area (Å²) in [4.78, 5) is 12.0. The van der Waals surface area contributed by atoms with Gasteiger partial charge in [0.15, 0.2) is 0 Å². The highest BCUT2D eigenvalue weighted by Gasteiger charge is 2.11. The van der Waals surface area contributed by atoms with Crippen molar-refractivity contribution in [3.05, 3.63) is 58.6 Å². The van der Waals surface area contributed by atoms with Crippen LogP contribution >= 0.6 is 11.6 Å². The maximum Gasteiger partial charge on any atom is 0.255 e. The van der Waals surface area contributed by atoms with Gasteiger partial charge in [-0.25, -0.2) is 0 Å². The number of rotatable bonds is 5. The van der Waals surface area contributed by atoms with E-state index in [-0.39, 0.29) is 17.2 Å². The molecule has 0 bridgehead atoms. The number of halogens is 1. The van der Waals surface area contributed by atoms with Crippen LogP contribution in [0.4, 0.5) is 0 Å². The van der Waals surface area contributed by atoms with Crippen LogP contribution in [0.5, 0.6) is 11.5 Å². The van der Waals surface area contributed by atoms with Gasteiger partial charge in [-0.1, -0.05) is 23.7 Å².